The van der Waals surface area contributed by atoms with Gasteiger partial charge in [0, 0.05) is 30.3 Å². The highest BCUT2D eigenvalue weighted by atomic mass is 32.2. The summed E-state index contributed by atoms with van der Waals surface area (Å²) in [6.07, 6.45) is 2.36. The van der Waals surface area contributed by atoms with Gasteiger partial charge in [-0.25, -0.2) is 17.7 Å². The van der Waals surface area contributed by atoms with Crippen LogP contribution in [0.2, 0.25) is 0 Å². The van der Waals surface area contributed by atoms with E-state index >= 15 is 0 Å². The van der Waals surface area contributed by atoms with Crippen LogP contribution in [-0.4, -0.2) is 43.0 Å². The maximum absolute atomic E-state index is 12.2. The smallest absolute Gasteiger partial charge is 0.223 e. The minimum absolute atomic E-state index is 0.00718. The van der Waals surface area contributed by atoms with Gasteiger partial charge in [-0.05, 0) is 12.8 Å². The molecule has 1 aromatic heterocycles. The van der Waals surface area contributed by atoms with Crippen molar-refractivity contribution in [3.63, 3.8) is 0 Å². The molecule has 1 aromatic rings. The monoisotopic (exact) mass is 345 g/mol. The Morgan fingerprint density at radius 2 is 2.09 bits per heavy atom. The van der Waals surface area contributed by atoms with Crippen molar-refractivity contribution in [2.45, 2.75) is 39.2 Å². The van der Waals surface area contributed by atoms with E-state index in [9.17, 15) is 13.2 Å². The number of piperidine rings is 1. The Hall–Kier alpha value is -0.990. The van der Waals surface area contributed by atoms with Crippen LogP contribution in [0.15, 0.2) is 5.38 Å². The number of carbonyl (C=O) groups excluding carboxylic acids is 1. The molecule has 1 saturated heterocycles. The summed E-state index contributed by atoms with van der Waals surface area (Å²) in [5, 5.41) is 5.96. The third-order valence-electron chi connectivity index (χ3n) is 3.80. The van der Waals surface area contributed by atoms with Crippen LogP contribution < -0.4 is 5.32 Å². The largest absolute Gasteiger partial charge is 0.350 e. The fourth-order valence-corrected chi connectivity index (χ4v) is 4.15. The van der Waals surface area contributed by atoms with Crippen molar-refractivity contribution in [2.24, 2.45) is 5.92 Å². The lowest BCUT2D eigenvalue weighted by atomic mass is 9.97. The van der Waals surface area contributed by atoms with Gasteiger partial charge in [-0.1, -0.05) is 13.8 Å². The Bertz CT molecular complexity index is 617. The summed E-state index contributed by atoms with van der Waals surface area (Å²) in [6.45, 7) is 5.47. The van der Waals surface area contributed by atoms with Crippen molar-refractivity contribution in [1.29, 1.82) is 0 Å². The number of hydrogen-bond acceptors (Lipinski definition) is 5. The Labute approximate surface area is 136 Å². The Kier molecular flexibility index (Phi) is 5.57. The first kappa shape index (κ1) is 17.4. The molecule has 0 bridgehead atoms. The number of rotatable bonds is 5. The SMILES string of the molecule is CC(C)c1nc(CNC(=O)C2CCN(S(C)(=O)=O)CC2)cs1. The summed E-state index contributed by atoms with van der Waals surface area (Å²) in [5.74, 6) is 0.281. The van der Waals surface area contributed by atoms with E-state index in [0.717, 1.165) is 10.7 Å². The summed E-state index contributed by atoms with van der Waals surface area (Å²) in [7, 11) is -3.14. The molecule has 0 saturated carbocycles. The molecule has 124 valence electrons. The van der Waals surface area contributed by atoms with E-state index in [0.29, 0.717) is 38.4 Å². The number of nitrogens with one attached hydrogen (secondary N) is 1. The molecule has 1 N–H and O–H groups in total. The van der Waals surface area contributed by atoms with Crippen molar-refractivity contribution in [3.05, 3.63) is 16.1 Å². The number of carbonyl (C=O) groups is 1. The normalized spacial score (nSPS) is 17.8. The molecule has 0 radical (unpaired) electrons. The van der Waals surface area contributed by atoms with Gasteiger partial charge in [0.05, 0.1) is 23.5 Å². The summed E-state index contributed by atoms with van der Waals surface area (Å²) in [4.78, 5) is 16.7. The van der Waals surface area contributed by atoms with Gasteiger partial charge in [0.1, 0.15) is 0 Å². The average molecular weight is 345 g/mol. The van der Waals surface area contributed by atoms with Crippen LogP contribution in [-0.2, 0) is 21.4 Å². The first-order valence-electron chi connectivity index (χ1n) is 7.44. The summed E-state index contributed by atoms with van der Waals surface area (Å²) in [5.41, 5.74) is 0.885. The molecular weight excluding hydrogens is 322 g/mol. The number of nitrogens with zero attached hydrogens (tertiary/aromatic N) is 2. The van der Waals surface area contributed by atoms with Crippen LogP contribution in [0, 0.1) is 5.92 Å². The third kappa shape index (κ3) is 4.50. The lowest BCUT2D eigenvalue weighted by molar-refractivity contribution is -0.126. The zero-order valence-corrected chi connectivity index (χ0v) is 14.8. The van der Waals surface area contributed by atoms with Crippen LogP contribution >= 0.6 is 11.3 Å². The minimum atomic E-state index is -3.14. The van der Waals surface area contributed by atoms with Gasteiger partial charge in [-0.15, -0.1) is 11.3 Å². The maximum atomic E-state index is 12.2. The molecular formula is C14H23N3O3S2. The number of hydrogen-bond donors (Lipinski definition) is 1. The standard InChI is InChI=1S/C14H23N3O3S2/c1-10(2)14-16-12(9-21-14)8-15-13(18)11-4-6-17(7-5-11)22(3,19)20/h9-11H,4-8H2,1-3H3,(H,15,18). The van der Waals surface area contributed by atoms with Crippen molar-refractivity contribution in [1.82, 2.24) is 14.6 Å². The van der Waals surface area contributed by atoms with Gasteiger partial charge >= 0.3 is 0 Å². The van der Waals surface area contributed by atoms with Crippen LogP contribution in [0.25, 0.3) is 0 Å². The molecule has 0 unspecified atom stereocenters. The van der Waals surface area contributed by atoms with Crippen molar-refractivity contribution < 1.29 is 13.2 Å². The first-order valence-corrected chi connectivity index (χ1v) is 10.2. The fraction of sp³-hybridized carbons (Fsp3) is 0.714. The molecule has 1 fully saturated rings. The van der Waals surface area contributed by atoms with Gasteiger partial charge < -0.3 is 5.32 Å². The van der Waals surface area contributed by atoms with Crippen LogP contribution in [0.3, 0.4) is 0 Å². The van der Waals surface area contributed by atoms with Gasteiger partial charge in [-0.3, -0.25) is 4.79 Å². The molecule has 0 spiro atoms. The number of amides is 1. The third-order valence-corrected chi connectivity index (χ3v) is 6.30. The predicted octanol–water partition coefficient (Wildman–Crippen LogP) is 1.55. The second-order valence-electron chi connectivity index (χ2n) is 5.99. The zero-order chi connectivity index (χ0) is 16.3. The van der Waals surface area contributed by atoms with E-state index in [4.69, 9.17) is 0 Å². The van der Waals surface area contributed by atoms with Gasteiger partial charge in [0.15, 0.2) is 0 Å². The molecule has 6 nitrogen and oxygen atoms in total. The molecule has 2 heterocycles. The quantitative estimate of drug-likeness (QED) is 0.878. The zero-order valence-electron chi connectivity index (χ0n) is 13.2. The Balaban J connectivity index is 1.81. The van der Waals surface area contributed by atoms with E-state index in [1.54, 1.807) is 11.3 Å². The lowest BCUT2D eigenvalue weighted by Crippen LogP contribution is -2.42. The van der Waals surface area contributed by atoms with Gasteiger partial charge in [0.2, 0.25) is 15.9 Å². The second kappa shape index (κ2) is 7.06. The van der Waals surface area contributed by atoms with E-state index in [-0.39, 0.29) is 11.8 Å². The molecule has 0 aromatic carbocycles. The van der Waals surface area contributed by atoms with Crippen LogP contribution in [0.1, 0.15) is 43.3 Å². The molecule has 8 heteroatoms. The second-order valence-corrected chi connectivity index (χ2v) is 8.86. The summed E-state index contributed by atoms with van der Waals surface area (Å²) >= 11 is 1.61. The summed E-state index contributed by atoms with van der Waals surface area (Å²) < 4.78 is 24.3. The predicted molar refractivity (Wildman–Crippen MR) is 87.2 cm³/mol. The van der Waals surface area contributed by atoms with E-state index < -0.39 is 10.0 Å². The van der Waals surface area contributed by atoms with Crippen molar-refractivity contribution in [3.8, 4) is 0 Å². The van der Waals surface area contributed by atoms with Crippen LogP contribution in [0.4, 0.5) is 0 Å². The molecule has 1 amide bonds. The highest BCUT2D eigenvalue weighted by Crippen LogP contribution is 2.21. The van der Waals surface area contributed by atoms with E-state index in [1.807, 2.05) is 5.38 Å². The number of sulfonamides is 1. The van der Waals surface area contributed by atoms with Gasteiger partial charge in [0.25, 0.3) is 0 Å². The van der Waals surface area contributed by atoms with E-state index in [2.05, 4.69) is 24.1 Å². The average Bonchev–Trinajstić information content (AvgIpc) is 2.93. The van der Waals surface area contributed by atoms with Crippen LogP contribution in [0.5, 0.6) is 0 Å². The summed E-state index contributed by atoms with van der Waals surface area (Å²) in [6, 6.07) is 0. The molecule has 2 rings (SSSR count). The highest BCUT2D eigenvalue weighted by Gasteiger charge is 2.28. The number of aromatic nitrogens is 1. The molecule has 22 heavy (non-hydrogen) atoms. The number of thiazole rings is 1. The Morgan fingerprint density at radius 1 is 1.45 bits per heavy atom. The first-order chi connectivity index (χ1) is 10.3. The van der Waals surface area contributed by atoms with Crippen molar-refractivity contribution in [2.75, 3.05) is 19.3 Å². The molecule has 0 aliphatic carbocycles. The molecule has 1 aliphatic heterocycles. The van der Waals surface area contributed by atoms with E-state index in [1.165, 1.54) is 10.6 Å². The fourth-order valence-electron chi connectivity index (χ4n) is 2.44. The molecule has 1 aliphatic rings. The van der Waals surface area contributed by atoms with Crippen molar-refractivity contribution >= 4 is 27.3 Å². The molecule has 0 atom stereocenters. The van der Waals surface area contributed by atoms with Gasteiger partial charge in [-0.2, -0.15) is 0 Å². The maximum Gasteiger partial charge on any atom is 0.223 e. The minimum Gasteiger partial charge on any atom is -0.350 e. The lowest BCUT2D eigenvalue weighted by Gasteiger charge is -2.29. The highest BCUT2D eigenvalue weighted by molar-refractivity contribution is 7.88. The Morgan fingerprint density at radius 3 is 2.59 bits per heavy atom. The topological polar surface area (TPSA) is 79.4 Å².